The van der Waals surface area contributed by atoms with Crippen LogP contribution in [0.1, 0.15) is 91.0 Å². The Hall–Kier alpha value is -6.96. The molecule has 0 saturated carbocycles. The van der Waals surface area contributed by atoms with E-state index in [9.17, 15) is 0 Å². The summed E-state index contributed by atoms with van der Waals surface area (Å²) >= 11 is 0. The highest BCUT2D eigenvalue weighted by Crippen LogP contribution is 2.36. The van der Waals surface area contributed by atoms with Crippen molar-refractivity contribution in [3.05, 3.63) is 251 Å². The van der Waals surface area contributed by atoms with Crippen LogP contribution in [-0.2, 0) is 0 Å². The first kappa shape index (κ1) is 48.5. The second-order valence-corrected chi connectivity index (χ2v) is 17.1. The van der Waals surface area contributed by atoms with Crippen LogP contribution in [0.15, 0.2) is 206 Å². The molecule has 1 aliphatic heterocycles. The molecule has 6 aromatic carbocycles. The Morgan fingerprint density at radius 2 is 1.12 bits per heavy atom. The maximum absolute atomic E-state index is 5.72. The van der Waals surface area contributed by atoms with Crippen molar-refractivity contribution < 1.29 is 4.74 Å². The number of ether oxygens (including phenoxy) is 1. The van der Waals surface area contributed by atoms with E-state index >= 15 is 0 Å². The van der Waals surface area contributed by atoms with Gasteiger partial charge in [-0.1, -0.05) is 190 Å². The molecule has 1 heterocycles. The van der Waals surface area contributed by atoms with Gasteiger partial charge in [0.25, 0.3) is 0 Å². The van der Waals surface area contributed by atoms with Crippen LogP contribution in [0.5, 0.6) is 5.75 Å². The van der Waals surface area contributed by atoms with Gasteiger partial charge in [0.1, 0.15) is 12.4 Å². The van der Waals surface area contributed by atoms with Gasteiger partial charge < -0.3 is 4.74 Å². The lowest BCUT2D eigenvalue weighted by Gasteiger charge is -2.16. The largest absolute Gasteiger partial charge is 0.489 e. The molecule has 0 N–H and O–H groups in total. The SMILES string of the molecule is C=C1/C=C\C=C/COc2c(C)cccc21.CC.CC1=C(c2cc(-c3ccc(C)c(-c4ccccc4C)c3)ccc2C)CCCC=C1.Cc1cc(C2=CC=CC=CC2)cc(-c2ccccc2)c1. The van der Waals surface area contributed by atoms with Crippen molar-refractivity contribution in [3.63, 3.8) is 0 Å². The lowest BCUT2D eigenvalue weighted by atomic mass is 9.89. The fraction of sp³-hybridized carbons (Fsp3) is 0.200. The highest BCUT2D eigenvalue weighted by atomic mass is 16.5. The van der Waals surface area contributed by atoms with Crippen molar-refractivity contribution in [2.24, 2.45) is 0 Å². The monoisotopic (exact) mass is 865 g/mol. The third kappa shape index (κ3) is 12.9. The van der Waals surface area contributed by atoms with Crippen molar-refractivity contribution in [1.29, 1.82) is 0 Å². The summed E-state index contributed by atoms with van der Waals surface area (Å²) in [5.74, 6) is 0.943. The molecule has 6 aromatic rings. The molecule has 0 atom stereocenters. The smallest absolute Gasteiger partial charge is 0.130 e. The van der Waals surface area contributed by atoms with Crippen molar-refractivity contribution in [3.8, 4) is 39.1 Å². The number of allylic oxidation sites excluding steroid dienone is 14. The maximum Gasteiger partial charge on any atom is 0.130 e. The molecule has 1 heteroatoms. The Bertz CT molecular complexity index is 2830. The number of fused-ring (bicyclic) bond motifs is 1. The van der Waals surface area contributed by atoms with Gasteiger partial charge in [0.2, 0.25) is 0 Å². The van der Waals surface area contributed by atoms with Gasteiger partial charge >= 0.3 is 0 Å². The van der Waals surface area contributed by atoms with E-state index in [2.05, 4.69) is 206 Å². The van der Waals surface area contributed by atoms with Crippen LogP contribution in [-0.4, -0.2) is 6.61 Å². The molecule has 0 aromatic heterocycles. The highest BCUT2D eigenvalue weighted by molar-refractivity contribution is 5.82. The first-order valence-corrected chi connectivity index (χ1v) is 23.8. The maximum atomic E-state index is 5.72. The van der Waals surface area contributed by atoms with E-state index in [-0.39, 0.29) is 0 Å². The van der Waals surface area contributed by atoms with Crippen LogP contribution in [0, 0.1) is 34.6 Å². The van der Waals surface area contributed by atoms with Crippen molar-refractivity contribution in [2.75, 3.05) is 6.61 Å². The van der Waals surface area contributed by atoms with E-state index in [1.165, 1.54) is 96.3 Å². The standard InChI is InChI=1S/C29H30.C20H18.C14H14O.C2H6/c1-20-10-6-5-7-12-26(20)28-18-24(16-14-22(28)3)25-17-15-23(4)29(19-25)27-13-9-8-11-21(27)2;1-16-13-19(17-9-5-2-3-6-10-17)15-20(14-16)18-11-7-4-8-12-18;1-11-7-4-3-5-10-15-14-12(2)8-6-9-13(11)14;1-2/h6,8-11,13-19H,5,7,12H2,1-4H3;2-9,11-15H,10H2,1H3;3-9H,1,10H2,2H3;1-2H3/b;;5-3-,7-4-;. The zero-order valence-electron chi connectivity index (χ0n) is 40.6. The molecule has 0 unspecified atom stereocenters. The number of aryl methyl sites for hydroxylation is 5. The minimum atomic E-state index is 0.607. The molecular weight excluding hydrogens is 797 g/mol. The van der Waals surface area contributed by atoms with E-state index in [1.807, 2.05) is 50.3 Å². The molecule has 0 amide bonds. The Kier molecular flexibility index (Phi) is 17.9. The summed E-state index contributed by atoms with van der Waals surface area (Å²) in [6.07, 6.45) is 27.9. The minimum Gasteiger partial charge on any atom is -0.489 e. The third-order valence-corrected chi connectivity index (χ3v) is 12.2. The fourth-order valence-electron chi connectivity index (χ4n) is 8.58. The minimum absolute atomic E-state index is 0.607. The normalized spacial score (nSPS) is 14.9. The van der Waals surface area contributed by atoms with Crippen LogP contribution in [0.25, 0.3) is 50.1 Å². The van der Waals surface area contributed by atoms with Gasteiger partial charge in [0.15, 0.2) is 0 Å². The van der Waals surface area contributed by atoms with Crippen LogP contribution in [0.2, 0.25) is 0 Å². The van der Waals surface area contributed by atoms with E-state index in [0.29, 0.717) is 6.61 Å². The van der Waals surface area contributed by atoms with Gasteiger partial charge in [-0.2, -0.15) is 0 Å². The molecule has 0 bridgehead atoms. The van der Waals surface area contributed by atoms with Crippen LogP contribution >= 0.6 is 0 Å². The zero-order valence-corrected chi connectivity index (χ0v) is 40.6. The average molecular weight is 865 g/mol. The Morgan fingerprint density at radius 1 is 0.470 bits per heavy atom. The van der Waals surface area contributed by atoms with E-state index < -0.39 is 0 Å². The van der Waals surface area contributed by atoms with Gasteiger partial charge in [0.05, 0.1) is 0 Å². The predicted octanol–water partition coefficient (Wildman–Crippen LogP) is 18.6. The molecule has 0 spiro atoms. The molecule has 1 nitrogen and oxygen atoms in total. The van der Waals surface area contributed by atoms with Crippen molar-refractivity contribution in [1.82, 2.24) is 0 Å². The molecule has 0 radical (unpaired) electrons. The molecule has 2 aliphatic carbocycles. The van der Waals surface area contributed by atoms with Crippen molar-refractivity contribution >= 4 is 16.7 Å². The number of hydrogen-bond acceptors (Lipinski definition) is 1. The topological polar surface area (TPSA) is 9.23 Å². The van der Waals surface area contributed by atoms with E-state index in [4.69, 9.17) is 4.74 Å². The first-order valence-electron chi connectivity index (χ1n) is 23.8. The number of hydrogen-bond donors (Lipinski definition) is 0. The lowest BCUT2D eigenvalue weighted by Crippen LogP contribution is -1.98. The number of para-hydroxylation sites is 1. The summed E-state index contributed by atoms with van der Waals surface area (Å²) in [6.45, 7) is 21.8. The van der Waals surface area contributed by atoms with E-state index in [0.717, 1.165) is 35.3 Å². The molecule has 334 valence electrons. The molecule has 9 rings (SSSR count). The van der Waals surface area contributed by atoms with E-state index in [1.54, 1.807) is 0 Å². The van der Waals surface area contributed by atoms with Gasteiger partial charge in [-0.3, -0.25) is 0 Å². The van der Waals surface area contributed by atoms with Crippen molar-refractivity contribution in [2.45, 2.75) is 81.1 Å². The summed E-state index contributed by atoms with van der Waals surface area (Å²) in [4.78, 5) is 0. The van der Waals surface area contributed by atoms with Gasteiger partial charge in [-0.15, -0.1) is 0 Å². The molecule has 0 fully saturated rings. The number of rotatable bonds is 5. The van der Waals surface area contributed by atoms with Crippen LogP contribution < -0.4 is 4.74 Å². The summed E-state index contributed by atoms with van der Waals surface area (Å²) < 4.78 is 5.72. The second kappa shape index (κ2) is 24.4. The molecular formula is C65H68O. The van der Waals surface area contributed by atoms with Crippen LogP contribution in [0.4, 0.5) is 0 Å². The van der Waals surface area contributed by atoms with Gasteiger partial charge in [-0.25, -0.2) is 0 Å². The van der Waals surface area contributed by atoms with Crippen LogP contribution in [0.3, 0.4) is 0 Å². The highest BCUT2D eigenvalue weighted by Gasteiger charge is 2.14. The summed E-state index contributed by atoms with van der Waals surface area (Å²) in [5, 5.41) is 0. The Labute approximate surface area is 397 Å². The number of benzene rings is 6. The lowest BCUT2D eigenvalue weighted by molar-refractivity contribution is 0.359. The Morgan fingerprint density at radius 3 is 1.89 bits per heavy atom. The van der Waals surface area contributed by atoms with Gasteiger partial charge in [0, 0.05) is 5.56 Å². The molecule has 66 heavy (non-hydrogen) atoms. The second-order valence-electron chi connectivity index (χ2n) is 17.1. The summed E-state index contributed by atoms with van der Waals surface area (Å²) in [5.41, 5.74) is 23.4. The predicted molar refractivity (Wildman–Crippen MR) is 290 cm³/mol. The summed E-state index contributed by atoms with van der Waals surface area (Å²) in [6, 6.07) is 46.0. The Balaban J connectivity index is 0.000000170. The molecule has 3 aliphatic rings. The quantitative estimate of drug-likeness (QED) is 0.168. The average Bonchev–Trinajstić information content (AvgIpc) is 3.72. The third-order valence-electron chi connectivity index (χ3n) is 12.2. The fourth-order valence-corrected chi connectivity index (χ4v) is 8.58. The zero-order chi connectivity index (χ0) is 46.8. The first-order chi connectivity index (χ1) is 32.2. The summed E-state index contributed by atoms with van der Waals surface area (Å²) in [7, 11) is 0. The molecule has 0 saturated heterocycles. The van der Waals surface area contributed by atoms with Gasteiger partial charge in [-0.05, 0) is 186 Å².